The standard InChI is InChI=1S/C17H25N5O3/c1-12-5-3-7-14(19-12)20-16(24)13-6-4-9-22(11-13)10-8-15(23)21-17(25)18-2/h3,5,7,13H,4,6,8-11H2,1-2H3,(H,19,20,24)(H2,18,21,23,25). The molecule has 25 heavy (non-hydrogen) atoms. The van der Waals surface area contributed by atoms with Crippen molar-refractivity contribution in [2.24, 2.45) is 5.92 Å². The van der Waals surface area contributed by atoms with Crippen LogP contribution in [0.4, 0.5) is 10.6 Å². The van der Waals surface area contributed by atoms with Gasteiger partial charge in [0.25, 0.3) is 0 Å². The average molecular weight is 347 g/mol. The van der Waals surface area contributed by atoms with Crippen molar-refractivity contribution >= 4 is 23.7 Å². The molecule has 1 atom stereocenters. The number of hydrogen-bond acceptors (Lipinski definition) is 5. The molecule has 0 aromatic carbocycles. The van der Waals surface area contributed by atoms with Crippen molar-refractivity contribution in [2.45, 2.75) is 26.2 Å². The van der Waals surface area contributed by atoms with Crippen LogP contribution in [0.2, 0.25) is 0 Å². The van der Waals surface area contributed by atoms with E-state index in [0.29, 0.717) is 18.9 Å². The normalized spacial score (nSPS) is 17.6. The minimum absolute atomic E-state index is 0.0439. The summed E-state index contributed by atoms with van der Waals surface area (Å²) in [4.78, 5) is 41.6. The second-order valence-corrected chi connectivity index (χ2v) is 6.17. The zero-order valence-corrected chi connectivity index (χ0v) is 14.7. The lowest BCUT2D eigenvalue weighted by atomic mass is 9.97. The molecule has 1 aromatic heterocycles. The van der Waals surface area contributed by atoms with Crippen molar-refractivity contribution in [1.29, 1.82) is 0 Å². The number of carbonyl (C=O) groups is 3. The highest BCUT2D eigenvalue weighted by Gasteiger charge is 2.26. The summed E-state index contributed by atoms with van der Waals surface area (Å²) in [6.45, 7) is 3.85. The molecule has 0 spiro atoms. The number of carbonyl (C=O) groups excluding carboxylic acids is 3. The molecule has 0 saturated carbocycles. The monoisotopic (exact) mass is 347 g/mol. The summed E-state index contributed by atoms with van der Waals surface area (Å²) in [5.74, 6) is 0.0673. The van der Waals surface area contributed by atoms with E-state index in [4.69, 9.17) is 0 Å². The summed E-state index contributed by atoms with van der Waals surface area (Å²) in [7, 11) is 1.46. The third-order valence-electron chi connectivity index (χ3n) is 4.15. The van der Waals surface area contributed by atoms with Gasteiger partial charge >= 0.3 is 6.03 Å². The number of aryl methyl sites for hydroxylation is 1. The number of likely N-dealkylation sites (tertiary alicyclic amines) is 1. The Morgan fingerprint density at radius 1 is 1.32 bits per heavy atom. The molecule has 2 rings (SSSR count). The molecule has 1 unspecified atom stereocenters. The van der Waals surface area contributed by atoms with Gasteiger partial charge < -0.3 is 15.5 Å². The molecule has 4 amide bonds. The van der Waals surface area contributed by atoms with Crippen molar-refractivity contribution in [1.82, 2.24) is 20.5 Å². The Kier molecular flexibility index (Phi) is 6.88. The maximum atomic E-state index is 12.4. The van der Waals surface area contributed by atoms with E-state index in [2.05, 4.69) is 25.8 Å². The Balaban J connectivity index is 1.80. The van der Waals surface area contributed by atoms with Crippen LogP contribution in [-0.4, -0.2) is 54.4 Å². The molecule has 0 bridgehead atoms. The first kappa shape index (κ1) is 18.9. The topological polar surface area (TPSA) is 103 Å². The molecular formula is C17H25N5O3. The number of amides is 4. The predicted octanol–water partition coefficient (Wildman–Crippen LogP) is 0.886. The SMILES string of the molecule is CNC(=O)NC(=O)CCN1CCCC(C(=O)Nc2cccc(C)n2)C1. The van der Waals surface area contributed by atoms with Crippen molar-refractivity contribution in [3.05, 3.63) is 23.9 Å². The molecular weight excluding hydrogens is 322 g/mol. The predicted molar refractivity (Wildman–Crippen MR) is 94.0 cm³/mol. The van der Waals surface area contributed by atoms with E-state index in [-0.39, 0.29) is 24.2 Å². The Morgan fingerprint density at radius 3 is 2.84 bits per heavy atom. The molecule has 0 radical (unpaired) electrons. The van der Waals surface area contributed by atoms with Crippen LogP contribution in [0.1, 0.15) is 25.0 Å². The second-order valence-electron chi connectivity index (χ2n) is 6.17. The Morgan fingerprint density at radius 2 is 2.12 bits per heavy atom. The van der Waals surface area contributed by atoms with E-state index in [1.54, 1.807) is 6.07 Å². The van der Waals surface area contributed by atoms with Crippen LogP contribution < -0.4 is 16.0 Å². The van der Waals surface area contributed by atoms with Gasteiger partial charge in [-0.05, 0) is 38.4 Å². The van der Waals surface area contributed by atoms with E-state index in [0.717, 1.165) is 25.1 Å². The first-order chi connectivity index (χ1) is 12.0. The van der Waals surface area contributed by atoms with Gasteiger partial charge in [0, 0.05) is 32.3 Å². The minimum atomic E-state index is -0.508. The smallest absolute Gasteiger partial charge is 0.321 e. The summed E-state index contributed by atoms with van der Waals surface area (Å²) in [6.07, 6.45) is 1.94. The van der Waals surface area contributed by atoms with Gasteiger partial charge in [-0.1, -0.05) is 6.07 Å². The van der Waals surface area contributed by atoms with Gasteiger partial charge in [0.1, 0.15) is 5.82 Å². The number of imide groups is 1. The number of urea groups is 1. The fourth-order valence-electron chi connectivity index (χ4n) is 2.82. The van der Waals surface area contributed by atoms with Crippen LogP contribution in [0.3, 0.4) is 0 Å². The fourth-order valence-corrected chi connectivity index (χ4v) is 2.82. The van der Waals surface area contributed by atoms with Crippen molar-refractivity contribution in [2.75, 3.05) is 32.0 Å². The number of hydrogen-bond donors (Lipinski definition) is 3. The fraction of sp³-hybridized carbons (Fsp3) is 0.529. The van der Waals surface area contributed by atoms with Crippen LogP contribution >= 0.6 is 0 Å². The number of rotatable bonds is 5. The van der Waals surface area contributed by atoms with Gasteiger partial charge in [0.05, 0.1) is 5.92 Å². The minimum Gasteiger partial charge on any atom is -0.341 e. The zero-order chi connectivity index (χ0) is 18.2. The quantitative estimate of drug-likeness (QED) is 0.734. The maximum Gasteiger partial charge on any atom is 0.321 e. The Hall–Kier alpha value is -2.48. The van der Waals surface area contributed by atoms with E-state index in [1.165, 1.54) is 7.05 Å². The lowest BCUT2D eigenvalue weighted by molar-refractivity contribution is -0.121. The third-order valence-corrected chi connectivity index (χ3v) is 4.15. The first-order valence-corrected chi connectivity index (χ1v) is 8.46. The van der Waals surface area contributed by atoms with E-state index in [9.17, 15) is 14.4 Å². The summed E-state index contributed by atoms with van der Waals surface area (Å²) < 4.78 is 0. The van der Waals surface area contributed by atoms with Crippen LogP contribution in [0.5, 0.6) is 0 Å². The van der Waals surface area contributed by atoms with Crippen LogP contribution in [-0.2, 0) is 9.59 Å². The molecule has 8 heteroatoms. The van der Waals surface area contributed by atoms with Gasteiger partial charge in [-0.25, -0.2) is 9.78 Å². The highest BCUT2D eigenvalue weighted by Crippen LogP contribution is 2.18. The zero-order valence-electron chi connectivity index (χ0n) is 14.7. The van der Waals surface area contributed by atoms with Crippen molar-refractivity contribution < 1.29 is 14.4 Å². The van der Waals surface area contributed by atoms with E-state index >= 15 is 0 Å². The summed E-state index contributed by atoms with van der Waals surface area (Å²) in [5, 5.41) is 7.44. The third kappa shape index (κ3) is 6.15. The lowest BCUT2D eigenvalue weighted by Gasteiger charge is -2.31. The molecule has 1 fully saturated rings. The van der Waals surface area contributed by atoms with Crippen molar-refractivity contribution in [3.8, 4) is 0 Å². The molecule has 1 aliphatic rings. The molecule has 136 valence electrons. The molecule has 1 aromatic rings. The molecule has 1 saturated heterocycles. The summed E-state index contributed by atoms with van der Waals surface area (Å²) in [5.41, 5.74) is 0.852. The molecule has 0 aliphatic carbocycles. The van der Waals surface area contributed by atoms with Crippen molar-refractivity contribution in [3.63, 3.8) is 0 Å². The van der Waals surface area contributed by atoms with Crippen LogP contribution in [0.15, 0.2) is 18.2 Å². The average Bonchev–Trinajstić information content (AvgIpc) is 2.60. The highest BCUT2D eigenvalue weighted by molar-refractivity contribution is 5.94. The largest absolute Gasteiger partial charge is 0.341 e. The van der Waals surface area contributed by atoms with Gasteiger partial charge in [0.2, 0.25) is 11.8 Å². The number of piperidine rings is 1. The molecule has 3 N–H and O–H groups in total. The van der Waals surface area contributed by atoms with Crippen LogP contribution in [0, 0.1) is 12.8 Å². The summed E-state index contributed by atoms with van der Waals surface area (Å²) >= 11 is 0. The summed E-state index contributed by atoms with van der Waals surface area (Å²) in [6, 6.07) is 5.00. The highest BCUT2D eigenvalue weighted by atomic mass is 16.2. The molecule has 8 nitrogen and oxygen atoms in total. The maximum absolute atomic E-state index is 12.4. The van der Waals surface area contributed by atoms with E-state index in [1.807, 2.05) is 19.1 Å². The molecule has 1 aliphatic heterocycles. The number of nitrogens with zero attached hydrogens (tertiary/aromatic N) is 2. The van der Waals surface area contributed by atoms with Gasteiger partial charge in [0.15, 0.2) is 0 Å². The number of anilines is 1. The van der Waals surface area contributed by atoms with Gasteiger partial charge in [-0.2, -0.15) is 0 Å². The Bertz CT molecular complexity index is 634. The molecule has 2 heterocycles. The number of pyridine rings is 1. The Labute approximate surface area is 147 Å². The van der Waals surface area contributed by atoms with Gasteiger partial charge in [-0.15, -0.1) is 0 Å². The number of aromatic nitrogens is 1. The van der Waals surface area contributed by atoms with Gasteiger partial charge in [-0.3, -0.25) is 14.9 Å². The van der Waals surface area contributed by atoms with Crippen LogP contribution in [0.25, 0.3) is 0 Å². The number of nitrogens with one attached hydrogen (secondary N) is 3. The second kappa shape index (κ2) is 9.12. The van der Waals surface area contributed by atoms with E-state index < -0.39 is 6.03 Å². The first-order valence-electron chi connectivity index (χ1n) is 8.46. The lowest BCUT2D eigenvalue weighted by Crippen LogP contribution is -2.43.